The Labute approximate surface area is 230 Å². The van der Waals surface area contributed by atoms with Gasteiger partial charge >= 0.3 is 0 Å². The van der Waals surface area contributed by atoms with Crippen molar-refractivity contribution >= 4 is 17.7 Å². The predicted molar refractivity (Wildman–Crippen MR) is 148 cm³/mol. The average Bonchev–Trinajstić information content (AvgIpc) is 3.67. The Balaban J connectivity index is 1.25. The molecule has 206 valence electrons. The van der Waals surface area contributed by atoms with Gasteiger partial charge in [-0.15, -0.1) is 0 Å². The molecule has 3 fully saturated rings. The van der Waals surface area contributed by atoms with E-state index < -0.39 is 5.41 Å². The number of methoxy groups -OCH3 is 1. The van der Waals surface area contributed by atoms with Gasteiger partial charge in [0.1, 0.15) is 5.75 Å². The van der Waals surface area contributed by atoms with Gasteiger partial charge in [0.2, 0.25) is 17.7 Å². The number of nitrogens with one attached hydrogen (secondary N) is 1. The lowest BCUT2D eigenvalue weighted by Crippen LogP contribution is -2.51. The minimum Gasteiger partial charge on any atom is -0.497 e. The van der Waals surface area contributed by atoms with Gasteiger partial charge in [-0.3, -0.25) is 14.4 Å². The first-order valence-corrected chi connectivity index (χ1v) is 14.6. The van der Waals surface area contributed by atoms with E-state index in [-0.39, 0.29) is 35.6 Å². The fourth-order valence-corrected chi connectivity index (χ4v) is 7.07. The fourth-order valence-electron chi connectivity index (χ4n) is 7.07. The highest BCUT2D eigenvalue weighted by molar-refractivity contribution is 5.93. The van der Waals surface area contributed by atoms with Gasteiger partial charge in [-0.1, -0.05) is 36.4 Å². The summed E-state index contributed by atoms with van der Waals surface area (Å²) >= 11 is 0. The molecule has 7 heteroatoms. The van der Waals surface area contributed by atoms with Crippen LogP contribution in [0.25, 0.3) is 0 Å². The van der Waals surface area contributed by atoms with Gasteiger partial charge < -0.3 is 19.9 Å². The number of benzene rings is 2. The Bertz CT molecular complexity index is 1240. The van der Waals surface area contributed by atoms with E-state index in [1.165, 1.54) is 11.1 Å². The third kappa shape index (κ3) is 4.92. The molecule has 0 radical (unpaired) electrons. The average molecular weight is 530 g/mol. The van der Waals surface area contributed by atoms with Gasteiger partial charge in [-0.2, -0.15) is 0 Å². The van der Waals surface area contributed by atoms with Crippen molar-refractivity contribution in [2.75, 3.05) is 26.7 Å². The molecular formula is C32H39N3O4. The molecule has 2 heterocycles. The molecule has 2 saturated carbocycles. The second-order valence-corrected chi connectivity index (χ2v) is 11.8. The largest absolute Gasteiger partial charge is 0.497 e. The summed E-state index contributed by atoms with van der Waals surface area (Å²) in [5, 5.41) is 3.12. The number of ether oxygens (including phenoxy) is 1. The molecule has 2 aromatic rings. The Kier molecular flexibility index (Phi) is 7.08. The zero-order chi connectivity index (χ0) is 27.0. The number of nitrogens with zero attached hydrogens (tertiary/aromatic N) is 2. The summed E-state index contributed by atoms with van der Waals surface area (Å²) in [5.74, 6) is 0.413. The standard InChI is InChI=1S/C32H39N3O4/c1-39-26-11-9-25(10-12-26)32(14-15-32)31(38)35-17-6-2-5-16-33-29(36)27-19-24(20-28(27)35)30(37)34-18-13-22-7-3-4-8-23(22)21-34/h3-4,7-12,24,27-28H,2,5-6,13-21H2,1H3,(H,33,36). The van der Waals surface area contributed by atoms with Crippen LogP contribution in [0.3, 0.4) is 0 Å². The topological polar surface area (TPSA) is 79.0 Å². The smallest absolute Gasteiger partial charge is 0.233 e. The molecule has 1 saturated heterocycles. The summed E-state index contributed by atoms with van der Waals surface area (Å²) in [5.41, 5.74) is 3.00. The second kappa shape index (κ2) is 10.7. The van der Waals surface area contributed by atoms with E-state index in [9.17, 15) is 14.4 Å². The normalized spacial score (nSPS) is 26.2. The van der Waals surface area contributed by atoms with Crippen molar-refractivity contribution in [2.24, 2.45) is 11.8 Å². The number of hydrogen-bond acceptors (Lipinski definition) is 4. The number of rotatable bonds is 4. The van der Waals surface area contributed by atoms with Crippen LogP contribution in [0.1, 0.15) is 61.6 Å². The summed E-state index contributed by atoms with van der Waals surface area (Å²) < 4.78 is 5.33. The van der Waals surface area contributed by atoms with Crippen LogP contribution >= 0.6 is 0 Å². The maximum atomic E-state index is 14.3. The van der Waals surface area contributed by atoms with Gasteiger partial charge in [0.05, 0.1) is 18.4 Å². The third-order valence-corrected chi connectivity index (χ3v) is 9.50. The summed E-state index contributed by atoms with van der Waals surface area (Å²) in [6.45, 7) is 2.63. The quantitative estimate of drug-likeness (QED) is 0.653. The van der Waals surface area contributed by atoms with Crippen molar-refractivity contribution in [3.63, 3.8) is 0 Å². The molecule has 3 atom stereocenters. The highest BCUT2D eigenvalue weighted by Gasteiger charge is 2.56. The van der Waals surface area contributed by atoms with Crippen molar-refractivity contribution < 1.29 is 19.1 Å². The molecule has 0 bridgehead atoms. The van der Waals surface area contributed by atoms with Crippen LogP contribution in [0, 0.1) is 11.8 Å². The van der Waals surface area contributed by atoms with Gasteiger partial charge in [0, 0.05) is 38.1 Å². The highest BCUT2D eigenvalue weighted by Crippen LogP contribution is 2.51. The molecule has 39 heavy (non-hydrogen) atoms. The lowest BCUT2D eigenvalue weighted by Gasteiger charge is -2.36. The van der Waals surface area contributed by atoms with Crippen LogP contribution in [0.15, 0.2) is 48.5 Å². The van der Waals surface area contributed by atoms with Gasteiger partial charge in [0.15, 0.2) is 0 Å². The lowest BCUT2D eigenvalue weighted by molar-refractivity contribution is -0.140. The Morgan fingerprint density at radius 2 is 1.72 bits per heavy atom. The van der Waals surface area contributed by atoms with Crippen LogP contribution in [-0.4, -0.2) is 60.3 Å². The zero-order valence-corrected chi connectivity index (χ0v) is 22.9. The molecule has 7 nitrogen and oxygen atoms in total. The van der Waals surface area contributed by atoms with Crippen LogP contribution in [-0.2, 0) is 32.8 Å². The second-order valence-electron chi connectivity index (χ2n) is 11.8. The molecule has 3 unspecified atom stereocenters. The molecule has 6 rings (SSSR count). The van der Waals surface area contributed by atoms with E-state index in [2.05, 4.69) is 23.5 Å². The summed E-state index contributed by atoms with van der Waals surface area (Å²) in [7, 11) is 1.64. The minimum absolute atomic E-state index is 0.00622. The fraction of sp³-hybridized carbons (Fsp3) is 0.531. The van der Waals surface area contributed by atoms with Crippen molar-refractivity contribution in [2.45, 2.75) is 69.4 Å². The van der Waals surface area contributed by atoms with Crippen LogP contribution in [0.4, 0.5) is 0 Å². The molecule has 2 aliphatic heterocycles. The minimum atomic E-state index is -0.532. The van der Waals surface area contributed by atoms with Crippen molar-refractivity contribution in [3.05, 3.63) is 65.2 Å². The number of hydrogen-bond donors (Lipinski definition) is 1. The maximum Gasteiger partial charge on any atom is 0.233 e. The monoisotopic (exact) mass is 529 g/mol. The predicted octanol–water partition coefficient (Wildman–Crippen LogP) is 3.84. The number of carbonyl (C=O) groups excluding carboxylic acids is 3. The van der Waals surface area contributed by atoms with Crippen LogP contribution in [0.2, 0.25) is 0 Å². The first-order chi connectivity index (χ1) is 19.0. The summed E-state index contributed by atoms with van der Waals surface area (Å²) in [6.07, 6.45) is 6.33. The Morgan fingerprint density at radius 1 is 0.949 bits per heavy atom. The van der Waals surface area contributed by atoms with E-state index in [1.807, 2.05) is 40.1 Å². The van der Waals surface area contributed by atoms with Crippen molar-refractivity contribution in [3.8, 4) is 5.75 Å². The molecular weight excluding hydrogens is 490 g/mol. The van der Waals surface area contributed by atoms with Gasteiger partial charge in [-0.25, -0.2) is 0 Å². The molecule has 2 aromatic carbocycles. The summed E-state index contributed by atoms with van der Waals surface area (Å²) in [4.78, 5) is 45.5. The third-order valence-electron chi connectivity index (χ3n) is 9.50. The molecule has 2 aliphatic carbocycles. The highest BCUT2D eigenvalue weighted by atomic mass is 16.5. The van der Waals surface area contributed by atoms with Crippen molar-refractivity contribution in [1.82, 2.24) is 15.1 Å². The van der Waals surface area contributed by atoms with Crippen LogP contribution < -0.4 is 10.1 Å². The number of carbonyl (C=O) groups is 3. The van der Waals surface area contributed by atoms with Crippen LogP contribution in [0.5, 0.6) is 5.75 Å². The van der Waals surface area contributed by atoms with Crippen molar-refractivity contribution in [1.29, 1.82) is 0 Å². The van der Waals surface area contributed by atoms with E-state index in [1.54, 1.807) is 7.11 Å². The first kappa shape index (κ1) is 25.9. The van der Waals surface area contributed by atoms with Gasteiger partial charge in [-0.05, 0) is 80.2 Å². The molecule has 3 amide bonds. The Hall–Kier alpha value is -3.35. The van der Waals surface area contributed by atoms with Gasteiger partial charge in [0.25, 0.3) is 0 Å². The van der Waals surface area contributed by atoms with E-state index in [0.717, 1.165) is 49.8 Å². The molecule has 0 aromatic heterocycles. The molecule has 1 N–H and O–H groups in total. The van der Waals surface area contributed by atoms with E-state index in [4.69, 9.17) is 4.74 Å². The SMILES string of the molecule is COc1ccc(C2(C(=O)N3CCCCCNC(=O)C4CC(C(=O)N5CCc6ccccc6C5)CC43)CC2)cc1. The van der Waals surface area contributed by atoms with E-state index >= 15 is 0 Å². The zero-order valence-electron chi connectivity index (χ0n) is 22.9. The molecule has 0 spiro atoms. The molecule has 4 aliphatic rings. The maximum absolute atomic E-state index is 14.3. The first-order valence-electron chi connectivity index (χ1n) is 14.6. The lowest BCUT2D eigenvalue weighted by atomic mass is 9.91. The Morgan fingerprint density at radius 3 is 2.46 bits per heavy atom. The number of fused-ring (bicyclic) bond motifs is 2. The summed E-state index contributed by atoms with van der Waals surface area (Å²) in [6, 6.07) is 15.9. The number of amides is 3. The van der Waals surface area contributed by atoms with E-state index in [0.29, 0.717) is 39.0 Å².